The molecule has 1 fully saturated rings. The molecule has 0 atom stereocenters. The summed E-state index contributed by atoms with van der Waals surface area (Å²) in [5, 5.41) is 3.14. The molecule has 0 saturated carbocycles. The van der Waals surface area contributed by atoms with Crippen LogP contribution in [0.4, 0.5) is 5.82 Å². The number of hydrogen-bond donors (Lipinski definition) is 1. The Morgan fingerprint density at radius 2 is 2.05 bits per heavy atom. The molecular formula is C14H22ClN3O2S. The maximum absolute atomic E-state index is 12.7. The summed E-state index contributed by atoms with van der Waals surface area (Å²) in [6.07, 6.45) is 4.14. The van der Waals surface area contributed by atoms with Crippen LogP contribution in [-0.2, 0) is 10.0 Å². The molecule has 1 aliphatic heterocycles. The van der Waals surface area contributed by atoms with Gasteiger partial charge in [0.2, 0.25) is 10.0 Å². The maximum Gasteiger partial charge on any atom is 0.244 e. The maximum atomic E-state index is 12.7. The van der Waals surface area contributed by atoms with Crippen LogP contribution in [0.2, 0.25) is 5.02 Å². The normalized spacial score (nSPS) is 20.0. The van der Waals surface area contributed by atoms with E-state index < -0.39 is 10.0 Å². The van der Waals surface area contributed by atoms with Gasteiger partial charge in [0.15, 0.2) is 0 Å². The van der Waals surface area contributed by atoms with E-state index in [0.717, 1.165) is 19.3 Å². The topological polar surface area (TPSA) is 62.3 Å². The van der Waals surface area contributed by atoms with Gasteiger partial charge < -0.3 is 5.32 Å². The first-order valence-electron chi connectivity index (χ1n) is 7.10. The molecule has 1 saturated heterocycles. The molecule has 2 heterocycles. The van der Waals surface area contributed by atoms with Crippen LogP contribution in [0, 0.1) is 5.41 Å². The van der Waals surface area contributed by atoms with Crippen LogP contribution in [0.3, 0.4) is 0 Å². The molecular weight excluding hydrogens is 310 g/mol. The van der Waals surface area contributed by atoms with E-state index in [2.05, 4.69) is 24.1 Å². The highest BCUT2D eigenvalue weighted by molar-refractivity contribution is 7.89. The van der Waals surface area contributed by atoms with Crippen LogP contribution in [0.1, 0.15) is 33.1 Å². The Labute approximate surface area is 131 Å². The number of sulfonamides is 1. The minimum Gasteiger partial charge on any atom is -0.372 e. The Balaban J connectivity index is 2.27. The van der Waals surface area contributed by atoms with Crippen molar-refractivity contribution in [3.8, 4) is 0 Å². The first kappa shape index (κ1) is 16.5. The fourth-order valence-corrected chi connectivity index (χ4v) is 4.31. The zero-order chi connectivity index (χ0) is 15.7. The number of hydrogen-bond acceptors (Lipinski definition) is 4. The third-order valence-electron chi connectivity index (χ3n) is 3.99. The fraction of sp³-hybridized carbons (Fsp3) is 0.643. The van der Waals surface area contributed by atoms with Crippen LogP contribution in [0.5, 0.6) is 0 Å². The molecule has 5 nitrogen and oxygen atoms in total. The first-order chi connectivity index (χ1) is 9.76. The lowest BCUT2D eigenvalue weighted by molar-refractivity contribution is 0.315. The predicted molar refractivity (Wildman–Crippen MR) is 85.2 cm³/mol. The Kier molecular flexibility index (Phi) is 4.80. The Hall–Kier alpha value is -0.850. The molecule has 0 aliphatic carbocycles. The summed E-state index contributed by atoms with van der Waals surface area (Å²) < 4.78 is 27.0. The number of nitrogens with one attached hydrogen (secondary N) is 1. The van der Waals surface area contributed by atoms with Gasteiger partial charge in [-0.2, -0.15) is 4.31 Å². The summed E-state index contributed by atoms with van der Waals surface area (Å²) in [7, 11) is -1.83. The molecule has 2 rings (SSSR count). The first-order valence-corrected chi connectivity index (χ1v) is 8.91. The van der Waals surface area contributed by atoms with Crippen molar-refractivity contribution in [1.82, 2.24) is 9.29 Å². The number of aromatic nitrogens is 1. The van der Waals surface area contributed by atoms with Gasteiger partial charge in [-0.1, -0.05) is 25.4 Å². The van der Waals surface area contributed by atoms with Crippen molar-refractivity contribution in [1.29, 1.82) is 0 Å². The molecule has 118 valence electrons. The van der Waals surface area contributed by atoms with Gasteiger partial charge in [-0.05, 0) is 30.7 Å². The summed E-state index contributed by atoms with van der Waals surface area (Å²) in [6, 6.07) is 1.46. The molecule has 0 unspecified atom stereocenters. The van der Waals surface area contributed by atoms with E-state index in [4.69, 9.17) is 11.6 Å². The summed E-state index contributed by atoms with van der Waals surface area (Å²) in [6.45, 7) is 5.46. The van der Waals surface area contributed by atoms with Gasteiger partial charge >= 0.3 is 0 Å². The minimum absolute atomic E-state index is 0.159. The Morgan fingerprint density at radius 3 is 2.67 bits per heavy atom. The molecule has 0 amide bonds. The molecule has 0 bridgehead atoms. The van der Waals surface area contributed by atoms with Gasteiger partial charge in [-0.15, -0.1) is 0 Å². The standard InChI is InChI=1S/C14H22ClN3O2S/c1-14(2)5-4-7-18(8-6-14)21(19,20)11-9-12(15)13(16-3)17-10-11/h9-10H,4-8H2,1-3H3,(H,16,17). The van der Waals surface area contributed by atoms with Crippen LogP contribution < -0.4 is 5.32 Å². The van der Waals surface area contributed by atoms with Crippen molar-refractivity contribution < 1.29 is 8.42 Å². The number of halogens is 1. The van der Waals surface area contributed by atoms with Crippen LogP contribution in [0.25, 0.3) is 0 Å². The predicted octanol–water partition coefficient (Wildman–Crippen LogP) is 2.98. The summed E-state index contributed by atoms with van der Waals surface area (Å²) in [5.41, 5.74) is 0.191. The molecule has 21 heavy (non-hydrogen) atoms. The van der Waals surface area contributed by atoms with Crippen molar-refractivity contribution in [3.63, 3.8) is 0 Å². The molecule has 0 radical (unpaired) electrons. The lowest BCUT2D eigenvalue weighted by Gasteiger charge is -2.23. The zero-order valence-electron chi connectivity index (χ0n) is 12.7. The molecule has 1 aromatic heterocycles. The van der Waals surface area contributed by atoms with Crippen LogP contribution in [-0.4, -0.2) is 37.8 Å². The van der Waals surface area contributed by atoms with E-state index in [-0.39, 0.29) is 10.3 Å². The summed E-state index contributed by atoms with van der Waals surface area (Å²) >= 11 is 6.04. The van der Waals surface area contributed by atoms with E-state index in [1.165, 1.54) is 12.3 Å². The van der Waals surface area contributed by atoms with Crippen molar-refractivity contribution in [2.45, 2.75) is 38.0 Å². The van der Waals surface area contributed by atoms with Crippen LogP contribution in [0.15, 0.2) is 17.2 Å². The second-order valence-electron chi connectivity index (χ2n) is 6.17. The lowest BCUT2D eigenvalue weighted by atomic mass is 9.85. The highest BCUT2D eigenvalue weighted by Gasteiger charge is 2.30. The molecule has 1 aromatic rings. The van der Waals surface area contributed by atoms with Crippen LogP contribution >= 0.6 is 11.6 Å². The van der Waals surface area contributed by atoms with Crippen molar-refractivity contribution in [2.75, 3.05) is 25.5 Å². The summed E-state index contributed by atoms with van der Waals surface area (Å²) in [5.74, 6) is 0.479. The molecule has 0 aromatic carbocycles. The van der Waals surface area contributed by atoms with Gasteiger partial charge in [0.05, 0.1) is 5.02 Å². The number of rotatable bonds is 3. The van der Waals surface area contributed by atoms with Gasteiger partial charge in [0, 0.05) is 26.3 Å². The van der Waals surface area contributed by atoms with Crippen molar-refractivity contribution in [3.05, 3.63) is 17.3 Å². The molecule has 7 heteroatoms. The zero-order valence-corrected chi connectivity index (χ0v) is 14.3. The third kappa shape index (κ3) is 3.67. The third-order valence-corrected chi connectivity index (χ3v) is 6.14. The Morgan fingerprint density at radius 1 is 1.33 bits per heavy atom. The largest absolute Gasteiger partial charge is 0.372 e. The molecule has 1 aliphatic rings. The number of anilines is 1. The van der Waals surface area contributed by atoms with Crippen molar-refractivity contribution in [2.24, 2.45) is 5.41 Å². The second-order valence-corrected chi connectivity index (χ2v) is 8.52. The average Bonchev–Trinajstić information content (AvgIpc) is 2.60. The van der Waals surface area contributed by atoms with Gasteiger partial charge in [0.1, 0.15) is 10.7 Å². The quantitative estimate of drug-likeness (QED) is 0.925. The molecule has 1 N–H and O–H groups in total. The minimum atomic E-state index is -3.52. The van der Waals surface area contributed by atoms with E-state index in [1.807, 2.05) is 0 Å². The van der Waals surface area contributed by atoms with Gasteiger partial charge in [-0.3, -0.25) is 0 Å². The van der Waals surface area contributed by atoms with Crippen molar-refractivity contribution >= 4 is 27.4 Å². The lowest BCUT2D eigenvalue weighted by Crippen LogP contribution is -2.32. The summed E-state index contributed by atoms with van der Waals surface area (Å²) in [4.78, 5) is 4.22. The number of pyridine rings is 1. The van der Waals surface area contributed by atoms with Gasteiger partial charge in [-0.25, -0.2) is 13.4 Å². The second kappa shape index (κ2) is 6.10. The number of nitrogens with zero attached hydrogens (tertiary/aromatic N) is 2. The Bertz CT molecular complexity index is 617. The fourth-order valence-electron chi connectivity index (χ4n) is 2.53. The average molecular weight is 332 g/mol. The van der Waals surface area contributed by atoms with E-state index >= 15 is 0 Å². The van der Waals surface area contributed by atoms with E-state index in [9.17, 15) is 8.42 Å². The van der Waals surface area contributed by atoms with E-state index in [0.29, 0.717) is 23.9 Å². The highest BCUT2D eigenvalue weighted by Crippen LogP contribution is 2.32. The SMILES string of the molecule is CNc1ncc(S(=O)(=O)N2CCCC(C)(C)CC2)cc1Cl. The van der Waals surface area contributed by atoms with Gasteiger partial charge in [0.25, 0.3) is 0 Å². The monoisotopic (exact) mass is 331 g/mol. The molecule has 0 spiro atoms. The smallest absolute Gasteiger partial charge is 0.244 e. The van der Waals surface area contributed by atoms with E-state index in [1.54, 1.807) is 11.4 Å². The highest BCUT2D eigenvalue weighted by atomic mass is 35.5.